The van der Waals surface area contributed by atoms with Crippen molar-refractivity contribution in [2.45, 2.75) is 13.5 Å². The van der Waals surface area contributed by atoms with Gasteiger partial charge in [0.05, 0.1) is 5.69 Å². The fourth-order valence-electron chi connectivity index (χ4n) is 1.69. The lowest BCUT2D eigenvalue weighted by molar-refractivity contribution is 0.0472. The van der Waals surface area contributed by atoms with Crippen LogP contribution in [0.4, 0.5) is 0 Å². The second-order valence-corrected chi connectivity index (χ2v) is 4.81. The maximum Gasteiger partial charge on any atom is 0.343 e. The smallest absolute Gasteiger partial charge is 0.343 e. The molecule has 0 atom stereocenters. The molecule has 0 bridgehead atoms. The number of halogens is 2. The van der Waals surface area contributed by atoms with Gasteiger partial charge in [0, 0.05) is 17.6 Å². The van der Waals surface area contributed by atoms with Gasteiger partial charge in [-0.3, -0.25) is 4.68 Å². The lowest BCUT2D eigenvalue weighted by Crippen LogP contribution is -2.07. The first kappa shape index (κ1) is 13.9. The number of rotatable bonds is 3. The standard InChI is InChI=1S/C13H12Cl2N2O2/c1-8-11(12(15)17(2)16-8)13(18)19-7-9-5-3-4-6-10(9)14/h3-6H,7H2,1-2H3. The lowest BCUT2D eigenvalue weighted by atomic mass is 10.2. The maximum atomic E-state index is 12.0. The quantitative estimate of drug-likeness (QED) is 0.816. The van der Waals surface area contributed by atoms with Crippen LogP contribution in [0.1, 0.15) is 21.6 Å². The predicted molar refractivity (Wildman–Crippen MR) is 73.5 cm³/mol. The van der Waals surface area contributed by atoms with Crippen LogP contribution in [0.5, 0.6) is 0 Å². The molecule has 0 unspecified atom stereocenters. The number of ether oxygens (including phenoxy) is 1. The van der Waals surface area contributed by atoms with Crippen molar-refractivity contribution in [3.8, 4) is 0 Å². The van der Waals surface area contributed by atoms with E-state index in [1.54, 1.807) is 26.1 Å². The summed E-state index contributed by atoms with van der Waals surface area (Å²) in [7, 11) is 1.67. The Hall–Kier alpha value is -1.52. The van der Waals surface area contributed by atoms with Gasteiger partial charge in [-0.25, -0.2) is 4.79 Å². The van der Waals surface area contributed by atoms with Gasteiger partial charge in [-0.1, -0.05) is 41.4 Å². The molecule has 1 aromatic carbocycles. The van der Waals surface area contributed by atoms with Gasteiger partial charge in [-0.05, 0) is 13.0 Å². The molecule has 0 aliphatic heterocycles. The van der Waals surface area contributed by atoms with Crippen LogP contribution in [0.3, 0.4) is 0 Å². The molecule has 0 saturated carbocycles. The van der Waals surface area contributed by atoms with Gasteiger partial charge in [-0.2, -0.15) is 5.10 Å². The summed E-state index contributed by atoms with van der Waals surface area (Å²) in [6.07, 6.45) is 0. The van der Waals surface area contributed by atoms with Crippen molar-refractivity contribution in [2.24, 2.45) is 7.05 Å². The van der Waals surface area contributed by atoms with E-state index in [0.717, 1.165) is 5.56 Å². The zero-order valence-corrected chi connectivity index (χ0v) is 12.0. The Labute approximate surface area is 120 Å². The highest BCUT2D eigenvalue weighted by Crippen LogP contribution is 2.21. The van der Waals surface area contributed by atoms with Crippen LogP contribution in [-0.4, -0.2) is 15.7 Å². The van der Waals surface area contributed by atoms with Crippen LogP contribution >= 0.6 is 23.2 Å². The number of aryl methyl sites for hydroxylation is 2. The molecule has 0 saturated heterocycles. The number of aromatic nitrogens is 2. The molecule has 0 N–H and O–H groups in total. The first-order valence-electron chi connectivity index (χ1n) is 5.60. The molecule has 0 spiro atoms. The van der Waals surface area contributed by atoms with Crippen molar-refractivity contribution in [1.29, 1.82) is 0 Å². The number of esters is 1. The summed E-state index contributed by atoms with van der Waals surface area (Å²) < 4.78 is 6.64. The zero-order valence-electron chi connectivity index (χ0n) is 10.5. The monoisotopic (exact) mass is 298 g/mol. The van der Waals surface area contributed by atoms with Crippen LogP contribution in [-0.2, 0) is 18.4 Å². The van der Waals surface area contributed by atoms with E-state index in [-0.39, 0.29) is 17.3 Å². The van der Waals surface area contributed by atoms with Gasteiger partial charge in [0.25, 0.3) is 0 Å². The third-order valence-electron chi connectivity index (χ3n) is 2.67. The molecule has 0 radical (unpaired) electrons. The van der Waals surface area contributed by atoms with E-state index in [4.69, 9.17) is 27.9 Å². The number of benzene rings is 1. The average Bonchev–Trinajstić information content (AvgIpc) is 2.62. The molecule has 2 rings (SSSR count). The van der Waals surface area contributed by atoms with Gasteiger partial charge >= 0.3 is 5.97 Å². The van der Waals surface area contributed by atoms with E-state index in [9.17, 15) is 4.79 Å². The third-order valence-corrected chi connectivity index (χ3v) is 3.48. The second kappa shape index (κ2) is 5.63. The fraction of sp³-hybridized carbons (Fsp3) is 0.231. The molecular formula is C13H12Cl2N2O2. The van der Waals surface area contributed by atoms with Crippen LogP contribution < -0.4 is 0 Å². The van der Waals surface area contributed by atoms with Crippen molar-refractivity contribution in [3.05, 3.63) is 51.3 Å². The zero-order chi connectivity index (χ0) is 14.0. The first-order chi connectivity index (χ1) is 9.00. The number of hydrogen-bond donors (Lipinski definition) is 0. The maximum absolute atomic E-state index is 12.0. The van der Waals surface area contributed by atoms with Crippen molar-refractivity contribution in [2.75, 3.05) is 0 Å². The van der Waals surface area contributed by atoms with Crippen molar-refractivity contribution in [1.82, 2.24) is 9.78 Å². The van der Waals surface area contributed by atoms with Crippen molar-refractivity contribution >= 4 is 29.2 Å². The molecule has 6 heteroatoms. The molecule has 0 amide bonds. The van der Waals surface area contributed by atoms with E-state index in [2.05, 4.69) is 5.10 Å². The van der Waals surface area contributed by atoms with E-state index in [1.807, 2.05) is 12.1 Å². The Balaban J connectivity index is 2.12. The summed E-state index contributed by atoms with van der Waals surface area (Å²) >= 11 is 12.0. The summed E-state index contributed by atoms with van der Waals surface area (Å²) in [6, 6.07) is 7.19. The summed E-state index contributed by atoms with van der Waals surface area (Å²) in [5, 5.41) is 4.89. The molecular weight excluding hydrogens is 287 g/mol. The van der Waals surface area contributed by atoms with Crippen molar-refractivity contribution in [3.63, 3.8) is 0 Å². The average molecular weight is 299 g/mol. The molecule has 2 aromatic rings. The molecule has 0 aliphatic rings. The van der Waals surface area contributed by atoms with Gasteiger partial charge in [0.1, 0.15) is 17.3 Å². The van der Waals surface area contributed by atoms with Crippen LogP contribution in [0.25, 0.3) is 0 Å². The van der Waals surface area contributed by atoms with Gasteiger partial charge in [0.2, 0.25) is 0 Å². The SMILES string of the molecule is Cc1nn(C)c(Cl)c1C(=O)OCc1ccccc1Cl. The third kappa shape index (κ3) is 2.91. The van der Waals surface area contributed by atoms with Crippen molar-refractivity contribution < 1.29 is 9.53 Å². The van der Waals surface area contributed by atoms with Crippen LogP contribution in [0.2, 0.25) is 10.2 Å². The van der Waals surface area contributed by atoms with Gasteiger partial charge < -0.3 is 4.74 Å². The molecule has 19 heavy (non-hydrogen) atoms. The minimum Gasteiger partial charge on any atom is -0.457 e. The predicted octanol–water partition coefficient (Wildman–Crippen LogP) is 3.39. The second-order valence-electron chi connectivity index (χ2n) is 4.04. The number of carbonyl (C=O) groups is 1. The largest absolute Gasteiger partial charge is 0.457 e. The van der Waals surface area contributed by atoms with Gasteiger partial charge in [0.15, 0.2) is 0 Å². The number of carbonyl (C=O) groups excluding carboxylic acids is 1. The minimum atomic E-state index is -0.504. The Kier molecular flexibility index (Phi) is 4.12. The van der Waals surface area contributed by atoms with E-state index >= 15 is 0 Å². The normalized spacial score (nSPS) is 10.5. The Morgan fingerprint density at radius 3 is 2.63 bits per heavy atom. The van der Waals surface area contributed by atoms with Crippen LogP contribution in [0.15, 0.2) is 24.3 Å². The molecule has 1 heterocycles. The van der Waals surface area contributed by atoms with E-state index < -0.39 is 5.97 Å². The topological polar surface area (TPSA) is 44.1 Å². The summed E-state index contributed by atoms with van der Waals surface area (Å²) in [5.74, 6) is -0.504. The van der Waals surface area contributed by atoms with Gasteiger partial charge in [-0.15, -0.1) is 0 Å². The summed E-state index contributed by atoms with van der Waals surface area (Å²) in [6.45, 7) is 1.81. The Bertz CT molecular complexity index is 623. The minimum absolute atomic E-state index is 0.100. The Morgan fingerprint density at radius 1 is 1.37 bits per heavy atom. The molecule has 0 fully saturated rings. The summed E-state index contributed by atoms with van der Waals surface area (Å²) in [5.41, 5.74) is 1.57. The van der Waals surface area contributed by atoms with E-state index in [1.165, 1.54) is 4.68 Å². The highest BCUT2D eigenvalue weighted by molar-refractivity contribution is 6.32. The molecule has 4 nitrogen and oxygen atoms in total. The first-order valence-corrected chi connectivity index (χ1v) is 6.36. The number of nitrogens with zero attached hydrogens (tertiary/aromatic N) is 2. The highest BCUT2D eigenvalue weighted by Gasteiger charge is 2.20. The Morgan fingerprint density at radius 2 is 2.05 bits per heavy atom. The molecule has 0 aliphatic carbocycles. The van der Waals surface area contributed by atoms with E-state index in [0.29, 0.717) is 10.7 Å². The number of hydrogen-bond acceptors (Lipinski definition) is 3. The summed E-state index contributed by atoms with van der Waals surface area (Å²) in [4.78, 5) is 12.0. The lowest BCUT2D eigenvalue weighted by Gasteiger charge is -2.06. The molecule has 1 aromatic heterocycles. The van der Waals surface area contributed by atoms with Crippen LogP contribution in [0, 0.1) is 6.92 Å². The fourth-order valence-corrected chi connectivity index (χ4v) is 2.13. The highest BCUT2D eigenvalue weighted by atomic mass is 35.5. The molecule has 100 valence electrons.